The Hall–Kier alpha value is -2.46. The molecule has 0 atom stereocenters. The number of morpholine rings is 2. The summed E-state index contributed by atoms with van der Waals surface area (Å²) in [5, 5.41) is 0. The number of hydrogen-bond acceptors (Lipinski definition) is 7. The highest BCUT2D eigenvalue weighted by Crippen LogP contribution is 2.33. The first kappa shape index (κ1) is 21.8. The van der Waals surface area contributed by atoms with E-state index in [4.69, 9.17) is 14.2 Å². The fourth-order valence-corrected chi connectivity index (χ4v) is 5.04. The largest absolute Gasteiger partial charge is 0.497 e. The first-order valence-corrected chi connectivity index (χ1v) is 11.7. The molecule has 31 heavy (non-hydrogen) atoms. The van der Waals surface area contributed by atoms with Crippen molar-refractivity contribution in [2.45, 2.75) is 4.90 Å². The topological polar surface area (TPSA) is 80.7 Å². The van der Waals surface area contributed by atoms with Crippen molar-refractivity contribution in [3.8, 4) is 5.75 Å². The number of ether oxygens (including phenoxy) is 3. The number of hydrogen-bond donors (Lipinski definition) is 0. The van der Waals surface area contributed by atoms with E-state index in [1.54, 1.807) is 25.5 Å². The molecule has 166 valence electrons. The molecule has 4 rings (SSSR count). The smallest absolute Gasteiger partial charge is 0.243 e. The second kappa shape index (κ2) is 9.78. The summed E-state index contributed by atoms with van der Waals surface area (Å²) in [5.74, 6) is 0.768. The maximum absolute atomic E-state index is 13.1. The van der Waals surface area contributed by atoms with Gasteiger partial charge in [0, 0.05) is 32.4 Å². The van der Waals surface area contributed by atoms with Crippen molar-refractivity contribution < 1.29 is 22.6 Å². The number of nitrogens with zero attached hydrogens (tertiary/aromatic N) is 3. The minimum Gasteiger partial charge on any atom is -0.497 e. The Kier molecular flexibility index (Phi) is 6.86. The third-order valence-corrected chi connectivity index (χ3v) is 7.27. The molecule has 2 aromatic rings. The Labute approximate surface area is 183 Å². The Balaban J connectivity index is 1.68. The van der Waals surface area contributed by atoms with Gasteiger partial charge in [0.15, 0.2) is 0 Å². The Morgan fingerprint density at radius 3 is 2.23 bits per heavy atom. The fraction of sp³-hybridized carbons (Fsp3) is 0.409. The molecule has 9 heteroatoms. The van der Waals surface area contributed by atoms with Crippen LogP contribution < -0.4 is 9.64 Å². The summed E-state index contributed by atoms with van der Waals surface area (Å²) in [6, 6.07) is 12.7. The summed E-state index contributed by atoms with van der Waals surface area (Å²) in [6.45, 7) is 4.28. The number of methoxy groups -OCH3 is 1. The Morgan fingerprint density at radius 2 is 1.58 bits per heavy atom. The van der Waals surface area contributed by atoms with E-state index < -0.39 is 10.0 Å². The molecule has 2 saturated heterocycles. The molecule has 8 nitrogen and oxygen atoms in total. The number of sulfonamides is 1. The first-order valence-electron chi connectivity index (χ1n) is 10.3. The van der Waals surface area contributed by atoms with E-state index >= 15 is 0 Å². The summed E-state index contributed by atoms with van der Waals surface area (Å²) in [4.78, 5) is 7.09. The molecule has 2 heterocycles. The zero-order valence-electron chi connectivity index (χ0n) is 17.6. The third-order valence-electron chi connectivity index (χ3n) is 5.37. The summed E-state index contributed by atoms with van der Waals surface area (Å²) >= 11 is 0. The van der Waals surface area contributed by atoms with Crippen LogP contribution >= 0.6 is 0 Å². The molecule has 0 aromatic heterocycles. The van der Waals surface area contributed by atoms with E-state index in [0.717, 1.165) is 30.1 Å². The van der Waals surface area contributed by atoms with Crippen LogP contribution in [0.5, 0.6) is 5.75 Å². The molecule has 0 unspecified atom stereocenters. The molecule has 0 N–H and O–H groups in total. The van der Waals surface area contributed by atoms with Gasteiger partial charge in [-0.15, -0.1) is 0 Å². The maximum atomic E-state index is 13.1. The highest BCUT2D eigenvalue weighted by Gasteiger charge is 2.27. The van der Waals surface area contributed by atoms with Gasteiger partial charge in [-0.1, -0.05) is 0 Å². The van der Waals surface area contributed by atoms with Gasteiger partial charge in [0.2, 0.25) is 10.0 Å². The lowest BCUT2D eigenvalue weighted by Gasteiger charge is -2.30. The minimum absolute atomic E-state index is 0.244. The van der Waals surface area contributed by atoms with Crippen LogP contribution in [-0.2, 0) is 19.5 Å². The molecule has 0 amide bonds. The van der Waals surface area contributed by atoms with Crippen LogP contribution in [0.3, 0.4) is 0 Å². The lowest BCUT2D eigenvalue weighted by Crippen LogP contribution is -2.40. The second-order valence-corrected chi connectivity index (χ2v) is 9.24. The van der Waals surface area contributed by atoms with Crippen molar-refractivity contribution in [3.63, 3.8) is 0 Å². The molecular weight excluding hydrogens is 418 g/mol. The molecule has 0 saturated carbocycles. The summed E-state index contributed by atoms with van der Waals surface area (Å²) in [7, 11) is -1.98. The summed E-state index contributed by atoms with van der Waals surface area (Å²) in [5.41, 5.74) is 2.41. The van der Waals surface area contributed by atoms with Crippen molar-refractivity contribution in [2.24, 2.45) is 4.99 Å². The fourth-order valence-electron chi connectivity index (χ4n) is 3.61. The predicted molar refractivity (Wildman–Crippen MR) is 119 cm³/mol. The standard InChI is InChI=1S/C22H27N3O5S/c1-28-19-4-2-18(3-5-19)17-23-21-16-20(31(26,27)25-10-14-30-15-11-25)6-7-22(21)24-8-12-29-13-9-24/h2-7,16-17H,8-15H2,1H3. The zero-order valence-corrected chi connectivity index (χ0v) is 18.4. The molecule has 0 bridgehead atoms. The van der Waals surface area contributed by atoms with Crippen LogP contribution in [0, 0.1) is 0 Å². The molecule has 0 aliphatic carbocycles. The average molecular weight is 446 g/mol. The SMILES string of the molecule is COc1ccc(C=Nc2cc(S(=O)(=O)N3CCOCC3)ccc2N2CCOCC2)cc1. The molecule has 2 aromatic carbocycles. The number of rotatable bonds is 6. The third kappa shape index (κ3) is 5.07. The van der Waals surface area contributed by atoms with Crippen molar-refractivity contribution in [1.82, 2.24) is 4.31 Å². The number of aliphatic imine (C=N–C) groups is 1. The normalized spacial score (nSPS) is 18.4. The molecule has 0 radical (unpaired) electrons. The van der Waals surface area contributed by atoms with E-state index in [2.05, 4.69) is 9.89 Å². The first-order chi connectivity index (χ1) is 15.1. The van der Waals surface area contributed by atoms with Gasteiger partial charge in [0.05, 0.1) is 49.8 Å². The van der Waals surface area contributed by atoms with Crippen LogP contribution in [0.25, 0.3) is 0 Å². The summed E-state index contributed by atoms with van der Waals surface area (Å²) in [6.07, 6.45) is 1.74. The molecule has 0 spiro atoms. The van der Waals surface area contributed by atoms with Crippen LogP contribution in [0.1, 0.15) is 5.56 Å². The predicted octanol–water partition coefficient (Wildman–Crippen LogP) is 2.30. The van der Waals surface area contributed by atoms with Crippen molar-refractivity contribution in [1.29, 1.82) is 0 Å². The van der Waals surface area contributed by atoms with E-state index in [9.17, 15) is 8.42 Å². The zero-order chi connectivity index (χ0) is 21.7. The summed E-state index contributed by atoms with van der Waals surface area (Å²) < 4.78 is 43.7. The van der Waals surface area contributed by atoms with Gasteiger partial charge < -0.3 is 19.1 Å². The van der Waals surface area contributed by atoms with Crippen LogP contribution in [0.15, 0.2) is 52.4 Å². The molecular formula is C22H27N3O5S. The molecule has 2 fully saturated rings. The van der Waals surface area contributed by atoms with Gasteiger partial charge in [-0.05, 0) is 48.0 Å². The van der Waals surface area contributed by atoms with Gasteiger partial charge in [-0.2, -0.15) is 4.31 Å². The van der Waals surface area contributed by atoms with E-state index in [0.29, 0.717) is 45.2 Å². The molecule has 2 aliphatic rings. The highest BCUT2D eigenvalue weighted by molar-refractivity contribution is 7.89. The van der Waals surface area contributed by atoms with E-state index in [1.807, 2.05) is 30.3 Å². The molecule has 2 aliphatic heterocycles. The van der Waals surface area contributed by atoms with Gasteiger partial charge in [0.1, 0.15) is 5.75 Å². The Morgan fingerprint density at radius 1 is 0.935 bits per heavy atom. The maximum Gasteiger partial charge on any atom is 0.243 e. The van der Waals surface area contributed by atoms with Crippen LogP contribution in [0.4, 0.5) is 11.4 Å². The monoisotopic (exact) mass is 445 g/mol. The van der Waals surface area contributed by atoms with Crippen molar-refractivity contribution in [2.75, 3.05) is 64.6 Å². The van der Waals surface area contributed by atoms with E-state index in [1.165, 1.54) is 4.31 Å². The number of anilines is 1. The second-order valence-electron chi connectivity index (χ2n) is 7.30. The van der Waals surface area contributed by atoms with Crippen molar-refractivity contribution >= 4 is 27.6 Å². The van der Waals surface area contributed by atoms with Gasteiger partial charge in [0.25, 0.3) is 0 Å². The van der Waals surface area contributed by atoms with Gasteiger partial charge >= 0.3 is 0 Å². The van der Waals surface area contributed by atoms with Gasteiger partial charge in [-0.25, -0.2) is 8.42 Å². The quantitative estimate of drug-likeness (QED) is 0.635. The number of benzene rings is 2. The van der Waals surface area contributed by atoms with Crippen molar-refractivity contribution in [3.05, 3.63) is 48.0 Å². The lowest BCUT2D eigenvalue weighted by molar-refractivity contribution is 0.0730. The Bertz CT molecular complexity index is 1010. The highest BCUT2D eigenvalue weighted by atomic mass is 32.2. The van der Waals surface area contributed by atoms with Crippen LogP contribution in [-0.4, -0.2) is 78.7 Å². The van der Waals surface area contributed by atoms with Crippen LogP contribution in [0.2, 0.25) is 0 Å². The van der Waals surface area contributed by atoms with Gasteiger partial charge in [-0.3, -0.25) is 4.99 Å². The average Bonchev–Trinajstić information content (AvgIpc) is 2.84. The lowest BCUT2D eigenvalue weighted by atomic mass is 10.2. The van der Waals surface area contributed by atoms with E-state index in [-0.39, 0.29) is 4.90 Å². The minimum atomic E-state index is -3.60.